The first-order valence-electron chi connectivity index (χ1n) is 14.9. The van der Waals surface area contributed by atoms with Crippen LogP contribution in [-0.2, 0) is 10.3 Å². The number of hydrogen-bond acceptors (Lipinski definition) is 6. The number of nitrogens with one attached hydrogen (secondary N) is 1. The molecule has 2 aliphatic rings. The molecule has 0 aromatic heterocycles. The number of benzene rings is 5. The predicted molar refractivity (Wildman–Crippen MR) is 179 cm³/mol. The quantitative estimate of drug-likeness (QED) is 0.187. The van der Waals surface area contributed by atoms with Crippen molar-refractivity contribution in [3.63, 3.8) is 0 Å². The van der Waals surface area contributed by atoms with Crippen LogP contribution in [0.25, 0.3) is 0 Å². The van der Waals surface area contributed by atoms with Gasteiger partial charge in [0, 0.05) is 56.1 Å². The minimum Gasteiger partial charge on any atom is -0.478 e. The predicted octanol–water partition coefficient (Wildman–Crippen LogP) is 9.59. The normalized spacial score (nSPS) is 16.2. The summed E-state index contributed by atoms with van der Waals surface area (Å²) in [7, 11) is 0. The molecule has 0 saturated heterocycles. The number of hydrogen-bond donors (Lipinski definition) is 2. The van der Waals surface area contributed by atoms with Crippen molar-refractivity contribution >= 4 is 46.3 Å². The summed E-state index contributed by atoms with van der Waals surface area (Å²) in [6, 6.07) is 31.6. The smallest absolute Gasteiger partial charge is 0.340 e. The molecule has 2 aliphatic heterocycles. The fourth-order valence-electron chi connectivity index (χ4n) is 6.45. The van der Waals surface area contributed by atoms with Gasteiger partial charge in [0.05, 0.1) is 11.1 Å². The molecule has 230 valence electrons. The van der Waals surface area contributed by atoms with Crippen molar-refractivity contribution in [2.24, 2.45) is 0 Å². The highest BCUT2D eigenvalue weighted by Crippen LogP contribution is 2.57. The fourth-order valence-corrected chi connectivity index (χ4v) is 6.57. The van der Waals surface area contributed by atoms with Crippen molar-refractivity contribution < 1.29 is 24.2 Å². The van der Waals surface area contributed by atoms with Crippen LogP contribution >= 0.6 is 11.6 Å². The monoisotopic (exact) mass is 630 g/mol. The number of anilines is 4. The van der Waals surface area contributed by atoms with Crippen LogP contribution in [0.1, 0.15) is 63.7 Å². The third-order valence-corrected chi connectivity index (χ3v) is 8.72. The van der Waals surface area contributed by atoms with Crippen LogP contribution in [0, 0.1) is 6.92 Å². The molecule has 7 rings (SSSR count). The van der Waals surface area contributed by atoms with E-state index < -0.39 is 17.5 Å². The molecular formula is C38H31ClN2O5. The lowest BCUT2D eigenvalue weighted by Gasteiger charge is -2.40. The Bertz CT molecular complexity index is 2030. The van der Waals surface area contributed by atoms with E-state index in [0.29, 0.717) is 33.2 Å². The van der Waals surface area contributed by atoms with Crippen LogP contribution in [0.15, 0.2) is 103 Å². The fraction of sp³-hybridized carbons (Fsp3) is 0.158. The maximum absolute atomic E-state index is 13.5. The van der Waals surface area contributed by atoms with Gasteiger partial charge in [-0.05, 0) is 112 Å². The molecule has 2 N–H and O–H groups in total. The summed E-state index contributed by atoms with van der Waals surface area (Å²) in [5, 5.41) is 13.6. The van der Waals surface area contributed by atoms with E-state index in [1.807, 2.05) is 79.7 Å². The lowest BCUT2D eigenvalue weighted by atomic mass is 9.77. The molecular weight excluding hydrogens is 600 g/mol. The Kier molecular flexibility index (Phi) is 6.83. The largest absolute Gasteiger partial charge is 0.478 e. The average Bonchev–Trinajstić information content (AvgIpc) is 3.31. The van der Waals surface area contributed by atoms with Gasteiger partial charge in [-0.25, -0.2) is 9.59 Å². The molecule has 5 aromatic carbocycles. The van der Waals surface area contributed by atoms with Crippen molar-refractivity contribution in [2.45, 2.75) is 38.8 Å². The van der Waals surface area contributed by atoms with Crippen LogP contribution < -0.4 is 15.0 Å². The van der Waals surface area contributed by atoms with Gasteiger partial charge in [-0.15, -0.1) is 0 Å². The molecule has 0 aliphatic carbocycles. The second kappa shape index (κ2) is 10.7. The number of esters is 1. The molecule has 7 nitrogen and oxygen atoms in total. The van der Waals surface area contributed by atoms with E-state index in [0.717, 1.165) is 33.9 Å². The van der Waals surface area contributed by atoms with Gasteiger partial charge in [0.25, 0.3) is 0 Å². The molecule has 0 fully saturated rings. The summed E-state index contributed by atoms with van der Waals surface area (Å²) in [4.78, 5) is 27.1. The Balaban J connectivity index is 1.40. The van der Waals surface area contributed by atoms with E-state index in [2.05, 4.69) is 31.0 Å². The van der Waals surface area contributed by atoms with Crippen LogP contribution in [0.3, 0.4) is 0 Å². The summed E-state index contributed by atoms with van der Waals surface area (Å²) >= 11 is 6.12. The first-order chi connectivity index (χ1) is 22.0. The van der Waals surface area contributed by atoms with Gasteiger partial charge < -0.3 is 24.8 Å². The van der Waals surface area contributed by atoms with Crippen LogP contribution in [0.2, 0.25) is 5.02 Å². The molecule has 0 saturated carbocycles. The van der Waals surface area contributed by atoms with Crippen LogP contribution in [-0.4, -0.2) is 22.6 Å². The minimum atomic E-state index is -1.24. The van der Waals surface area contributed by atoms with Crippen molar-refractivity contribution in [1.82, 2.24) is 0 Å². The number of carboxylic acid groups (broad SMARTS) is 1. The number of rotatable bonds is 5. The first kappa shape index (κ1) is 29.4. The summed E-state index contributed by atoms with van der Waals surface area (Å²) in [5.41, 5.74) is 5.58. The maximum atomic E-state index is 13.5. The van der Waals surface area contributed by atoms with Crippen LogP contribution in [0.5, 0.6) is 11.5 Å². The van der Waals surface area contributed by atoms with E-state index >= 15 is 0 Å². The Hall–Kier alpha value is -5.27. The number of carboxylic acids is 1. The molecule has 0 amide bonds. The summed E-state index contributed by atoms with van der Waals surface area (Å²) in [5.74, 6) is -0.237. The highest BCUT2D eigenvalue weighted by Gasteiger charge is 2.53. The van der Waals surface area contributed by atoms with E-state index in [9.17, 15) is 14.7 Å². The standard InChI is InChI=1S/C38H31ClN2O5/c1-22-19-33-31(21-32(22)40-25-13-11-24(39)12-14-25)38(29-8-6-5-7-28(29)36(44)46-38)30-18-17-27(20-34(30)45-33)41(37(2,3)4)26-15-9-23(10-16-26)35(42)43/h5-21,40H,1-4H3,(H,42,43). The third kappa shape index (κ3) is 4.75. The first-order valence-corrected chi connectivity index (χ1v) is 15.3. The highest BCUT2D eigenvalue weighted by atomic mass is 35.5. The molecule has 0 bridgehead atoms. The van der Waals surface area contributed by atoms with Gasteiger partial charge in [-0.3, -0.25) is 0 Å². The lowest BCUT2D eigenvalue weighted by molar-refractivity contribution is 0.0224. The van der Waals surface area contributed by atoms with Crippen molar-refractivity contribution in [3.05, 3.63) is 142 Å². The number of carbonyl (C=O) groups is 2. The third-order valence-electron chi connectivity index (χ3n) is 8.47. The van der Waals surface area contributed by atoms with E-state index in [-0.39, 0.29) is 11.1 Å². The van der Waals surface area contributed by atoms with Gasteiger partial charge in [0.15, 0.2) is 5.60 Å². The van der Waals surface area contributed by atoms with Gasteiger partial charge in [0.2, 0.25) is 0 Å². The summed E-state index contributed by atoms with van der Waals surface area (Å²) in [6.07, 6.45) is 0. The number of aryl methyl sites for hydroxylation is 1. The van der Waals surface area contributed by atoms with Gasteiger partial charge in [-0.1, -0.05) is 29.8 Å². The zero-order chi connectivity index (χ0) is 32.4. The molecule has 1 atom stereocenters. The molecule has 8 heteroatoms. The average molecular weight is 631 g/mol. The highest BCUT2D eigenvalue weighted by molar-refractivity contribution is 6.30. The number of nitrogens with zero attached hydrogens (tertiary/aromatic N) is 1. The number of fused-ring (bicyclic) bond motifs is 6. The van der Waals surface area contributed by atoms with E-state index in [4.69, 9.17) is 21.1 Å². The summed E-state index contributed by atoms with van der Waals surface area (Å²) < 4.78 is 13.1. The van der Waals surface area contributed by atoms with Gasteiger partial charge >= 0.3 is 11.9 Å². The second-order valence-corrected chi connectivity index (χ2v) is 13.0. The van der Waals surface area contributed by atoms with E-state index in [1.54, 1.807) is 30.3 Å². The van der Waals surface area contributed by atoms with Crippen LogP contribution in [0.4, 0.5) is 22.7 Å². The Morgan fingerprint density at radius 3 is 2.20 bits per heavy atom. The van der Waals surface area contributed by atoms with E-state index in [1.165, 1.54) is 0 Å². The number of carbonyl (C=O) groups excluding carboxylic acids is 1. The second-order valence-electron chi connectivity index (χ2n) is 12.6. The molecule has 46 heavy (non-hydrogen) atoms. The molecule has 5 aromatic rings. The topological polar surface area (TPSA) is 88.1 Å². The SMILES string of the molecule is Cc1cc2c(cc1Nc1ccc(Cl)cc1)C1(OC(=O)c3ccccc31)c1ccc(N(c3ccc(C(=O)O)cc3)C(C)(C)C)cc1O2. The van der Waals surface area contributed by atoms with Crippen molar-refractivity contribution in [2.75, 3.05) is 10.2 Å². The number of ether oxygens (including phenoxy) is 2. The van der Waals surface area contributed by atoms with Crippen molar-refractivity contribution in [3.8, 4) is 11.5 Å². The number of aromatic carboxylic acids is 1. The molecule has 1 spiro atoms. The minimum absolute atomic E-state index is 0.215. The van der Waals surface area contributed by atoms with Crippen molar-refractivity contribution in [1.29, 1.82) is 0 Å². The maximum Gasteiger partial charge on any atom is 0.340 e. The zero-order valence-electron chi connectivity index (χ0n) is 25.7. The Morgan fingerprint density at radius 1 is 0.826 bits per heavy atom. The van der Waals surface area contributed by atoms with Gasteiger partial charge in [0.1, 0.15) is 11.5 Å². The zero-order valence-corrected chi connectivity index (χ0v) is 26.5. The molecule has 1 unspecified atom stereocenters. The molecule has 0 radical (unpaired) electrons. The van der Waals surface area contributed by atoms with Gasteiger partial charge in [-0.2, -0.15) is 0 Å². The Labute approximate surface area is 272 Å². The lowest BCUT2D eigenvalue weighted by Crippen LogP contribution is -2.38. The Morgan fingerprint density at radius 2 is 1.50 bits per heavy atom. The molecule has 2 heterocycles. The number of halogens is 1. The summed E-state index contributed by atoms with van der Waals surface area (Å²) in [6.45, 7) is 8.26.